The molecule has 5 nitrogen and oxygen atoms in total. The largest absolute Gasteiger partial charge is 0.439 e. The third kappa shape index (κ3) is 1.79. The lowest BCUT2D eigenvalue weighted by Crippen LogP contribution is -2.28. The lowest BCUT2D eigenvalue weighted by atomic mass is 10.1. The number of hydrogen-bond donors (Lipinski definition) is 0. The summed E-state index contributed by atoms with van der Waals surface area (Å²) in [4.78, 5) is 24.2. The van der Waals surface area contributed by atoms with Crippen LogP contribution >= 0.6 is 0 Å². The summed E-state index contributed by atoms with van der Waals surface area (Å²) in [6, 6.07) is 16.5. The van der Waals surface area contributed by atoms with Crippen LogP contribution < -0.4 is 10.8 Å². The van der Waals surface area contributed by atoms with Crippen molar-refractivity contribution < 1.29 is 9.21 Å². The molecule has 0 N–H and O–H groups in total. The number of aromatic nitrogens is 1. The van der Waals surface area contributed by atoms with Gasteiger partial charge in [-0.25, -0.2) is 4.79 Å². The van der Waals surface area contributed by atoms with Crippen LogP contribution in [0, 0.1) is 0 Å². The lowest BCUT2D eigenvalue weighted by molar-refractivity contribution is -0.116. The predicted octanol–water partition coefficient (Wildman–Crippen LogP) is 2.25. The molecular formula is C17H14N2O3. The lowest BCUT2D eigenvalue weighted by Gasteiger charge is -2.06. The number of fused-ring (bicyclic) bond motifs is 1. The normalized spacial score (nSPS) is 20.3. The molecule has 2 atom stereocenters. The summed E-state index contributed by atoms with van der Waals surface area (Å²) in [6.45, 7) is 1.55. The summed E-state index contributed by atoms with van der Waals surface area (Å²) in [6.07, 6.45) is 0. The van der Waals surface area contributed by atoms with E-state index >= 15 is 0 Å². The summed E-state index contributed by atoms with van der Waals surface area (Å²) in [5.41, 5.74) is 2.21. The SMILES string of the molecule is CC(=O)C1C(c2ccccc2)N1n1c(=O)oc2ccccc21. The Morgan fingerprint density at radius 2 is 1.73 bits per heavy atom. The number of oxazole rings is 1. The second-order valence-corrected chi connectivity index (χ2v) is 5.44. The predicted molar refractivity (Wildman–Crippen MR) is 82.3 cm³/mol. The molecule has 1 aliphatic heterocycles. The summed E-state index contributed by atoms with van der Waals surface area (Å²) in [5, 5.41) is 1.78. The molecule has 5 heteroatoms. The number of carbonyl (C=O) groups is 1. The van der Waals surface area contributed by atoms with E-state index in [9.17, 15) is 9.59 Å². The van der Waals surface area contributed by atoms with Gasteiger partial charge in [0.25, 0.3) is 0 Å². The molecular weight excluding hydrogens is 280 g/mol. The van der Waals surface area contributed by atoms with Crippen molar-refractivity contribution in [1.29, 1.82) is 0 Å². The first-order valence-electron chi connectivity index (χ1n) is 7.13. The topological polar surface area (TPSA) is 55.2 Å². The molecule has 1 fully saturated rings. The summed E-state index contributed by atoms with van der Waals surface area (Å²) in [5.74, 6) is -0.433. The number of carbonyl (C=O) groups excluding carboxylic acids is 1. The van der Waals surface area contributed by atoms with Gasteiger partial charge in [-0.3, -0.25) is 9.80 Å². The quantitative estimate of drug-likeness (QED) is 0.695. The molecule has 1 aliphatic rings. The highest BCUT2D eigenvalue weighted by Gasteiger charge is 2.53. The van der Waals surface area contributed by atoms with Crippen molar-refractivity contribution in [3.05, 3.63) is 70.7 Å². The van der Waals surface area contributed by atoms with Crippen molar-refractivity contribution in [3.63, 3.8) is 0 Å². The van der Waals surface area contributed by atoms with E-state index in [1.54, 1.807) is 18.0 Å². The fourth-order valence-electron chi connectivity index (χ4n) is 3.04. The van der Waals surface area contributed by atoms with Gasteiger partial charge in [0.1, 0.15) is 17.6 Å². The van der Waals surface area contributed by atoms with E-state index in [1.165, 1.54) is 4.68 Å². The molecule has 110 valence electrons. The van der Waals surface area contributed by atoms with Gasteiger partial charge >= 0.3 is 5.76 Å². The van der Waals surface area contributed by atoms with Crippen molar-refractivity contribution in [2.75, 3.05) is 5.01 Å². The van der Waals surface area contributed by atoms with Crippen molar-refractivity contribution in [3.8, 4) is 0 Å². The van der Waals surface area contributed by atoms with Gasteiger partial charge in [0, 0.05) is 0 Å². The molecule has 0 amide bonds. The van der Waals surface area contributed by atoms with Crippen LogP contribution in [0.25, 0.3) is 11.1 Å². The van der Waals surface area contributed by atoms with Gasteiger partial charge in [-0.05, 0) is 24.6 Å². The average Bonchev–Trinajstić information content (AvgIpc) is 3.17. The van der Waals surface area contributed by atoms with Crippen LogP contribution in [0.2, 0.25) is 0 Å². The third-order valence-electron chi connectivity index (χ3n) is 4.03. The van der Waals surface area contributed by atoms with Crippen molar-refractivity contribution >= 4 is 16.9 Å². The van der Waals surface area contributed by atoms with Crippen LogP contribution in [0.5, 0.6) is 0 Å². The Morgan fingerprint density at radius 1 is 1.05 bits per heavy atom. The first-order valence-corrected chi connectivity index (χ1v) is 7.13. The Labute approximate surface area is 126 Å². The minimum Gasteiger partial charge on any atom is -0.406 e. The monoisotopic (exact) mass is 294 g/mol. The van der Waals surface area contributed by atoms with Crippen LogP contribution in [0.4, 0.5) is 0 Å². The van der Waals surface area contributed by atoms with Crippen LogP contribution in [-0.4, -0.2) is 16.5 Å². The minimum absolute atomic E-state index is 0.0334. The zero-order chi connectivity index (χ0) is 15.3. The maximum Gasteiger partial charge on any atom is 0.439 e. The molecule has 4 rings (SSSR count). The van der Waals surface area contributed by atoms with Crippen molar-refractivity contribution in [2.45, 2.75) is 19.0 Å². The van der Waals surface area contributed by atoms with Gasteiger partial charge in [-0.2, -0.15) is 4.68 Å². The molecule has 0 aliphatic carbocycles. The highest BCUT2D eigenvalue weighted by atomic mass is 16.4. The highest BCUT2D eigenvalue weighted by Crippen LogP contribution is 2.41. The summed E-state index contributed by atoms with van der Waals surface area (Å²) < 4.78 is 6.74. The Hall–Kier alpha value is -2.82. The maximum absolute atomic E-state index is 12.2. The van der Waals surface area contributed by atoms with Gasteiger partial charge in [-0.1, -0.05) is 42.5 Å². The summed E-state index contributed by atoms with van der Waals surface area (Å²) in [7, 11) is 0. The fourth-order valence-corrected chi connectivity index (χ4v) is 3.04. The van der Waals surface area contributed by atoms with E-state index in [0.29, 0.717) is 11.1 Å². The van der Waals surface area contributed by atoms with Gasteiger partial charge in [-0.15, -0.1) is 0 Å². The average molecular weight is 294 g/mol. The van der Waals surface area contributed by atoms with Gasteiger partial charge < -0.3 is 4.42 Å². The molecule has 1 aromatic heterocycles. The smallest absolute Gasteiger partial charge is 0.406 e. The van der Waals surface area contributed by atoms with E-state index < -0.39 is 5.76 Å². The number of rotatable bonds is 3. The molecule has 0 saturated carbocycles. The molecule has 2 heterocycles. The summed E-state index contributed by atoms with van der Waals surface area (Å²) >= 11 is 0. The number of nitrogens with zero attached hydrogens (tertiary/aromatic N) is 2. The van der Waals surface area contributed by atoms with Crippen LogP contribution in [0.3, 0.4) is 0 Å². The number of ketones is 1. The minimum atomic E-state index is -0.467. The van der Waals surface area contributed by atoms with E-state index in [4.69, 9.17) is 4.42 Å². The number of hydrogen-bond acceptors (Lipinski definition) is 4. The maximum atomic E-state index is 12.2. The van der Waals surface area contributed by atoms with Crippen LogP contribution in [0.15, 0.2) is 63.8 Å². The Morgan fingerprint density at radius 3 is 2.45 bits per heavy atom. The number of benzene rings is 2. The van der Waals surface area contributed by atoms with E-state index in [-0.39, 0.29) is 17.9 Å². The third-order valence-corrected chi connectivity index (χ3v) is 4.03. The van der Waals surface area contributed by atoms with Crippen LogP contribution in [0.1, 0.15) is 18.5 Å². The molecule has 1 saturated heterocycles. The van der Waals surface area contributed by atoms with Crippen molar-refractivity contribution in [2.24, 2.45) is 0 Å². The Kier molecular flexibility index (Phi) is 2.69. The molecule has 2 aromatic carbocycles. The van der Waals surface area contributed by atoms with Gasteiger partial charge in [0.2, 0.25) is 0 Å². The van der Waals surface area contributed by atoms with Crippen molar-refractivity contribution in [1.82, 2.24) is 4.68 Å². The zero-order valence-electron chi connectivity index (χ0n) is 12.0. The fraction of sp³-hybridized carbons (Fsp3) is 0.176. The molecule has 0 spiro atoms. The number of para-hydroxylation sites is 2. The van der Waals surface area contributed by atoms with E-state index in [0.717, 1.165) is 5.56 Å². The Balaban J connectivity index is 1.86. The first kappa shape index (κ1) is 12.9. The first-order chi connectivity index (χ1) is 10.7. The van der Waals surface area contributed by atoms with Gasteiger partial charge in [0.15, 0.2) is 11.4 Å². The Bertz CT molecular complexity index is 910. The second-order valence-electron chi connectivity index (χ2n) is 5.44. The molecule has 0 radical (unpaired) electrons. The second kappa shape index (κ2) is 4.59. The van der Waals surface area contributed by atoms with E-state index in [1.807, 2.05) is 48.5 Å². The molecule has 2 unspecified atom stereocenters. The molecule has 0 bridgehead atoms. The number of Topliss-reactive ketones (excluding diaryl/α,β-unsaturated/α-hetero) is 1. The van der Waals surface area contributed by atoms with E-state index in [2.05, 4.69) is 0 Å². The molecule has 22 heavy (non-hydrogen) atoms. The molecule has 3 aromatic rings. The van der Waals surface area contributed by atoms with Crippen LogP contribution in [-0.2, 0) is 4.79 Å². The standard InChI is InChI=1S/C17H14N2O3/c1-11(20)15-16(12-7-3-2-4-8-12)19(15)18-13-9-5-6-10-14(13)22-17(18)21/h2-10,15-16H,1H3. The van der Waals surface area contributed by atoms with Gasteiger partial charge in [0.05, 0.1) is 0 Å². The zero-order valence-corrected chi connectivity index (χ0v) is 12.0. The highest BCUT2D eigenvalue weighted by molar-refractivity contribution is 5.90.